The fraction of sp³-hybridized carbons (Fsp3) is 0.250. The van der Waals surface area contributed by atoms with Crippen LogP contribution >= 0.6 is 0 Å². The topological polar surface area (TPSA) is 47.3 Å². The van der Waals surface area contributed by atoms with Crippen molar-refractivity contribution in [3.05, 3.63) is 71.3 Å². The quantitative estimate of drug-likeness (QED) is 0.636. The third kappa shape index (κ3) is 4.07. The monoisotopic (exact) mass is 292 g/mol. The van der Waals surface area contributed by atoms with E-state index >= 15 is 0 Å². The molecule has 2 atom stereocenters. The van der Waals surface area contributed by atoms with E-state index in [4.69, 9.17) is 10.6 Å². The Balaban J connectivity index is 2.21. The number of nitrogens with one attached hydrogen (secondary N) is 1. The number of rotatable bonds is 6. The van der Waals surface area contributed by atoms with Crippen molar-refractivity contribution >= 4 is 0 Å². The maximum atomic E-state index is 13.3. The highest BCUT2D eigenvalue weighted by Gasteiger charge is 2.22. The normalized spacial score (nSPS) is 13.9. The van der Waals surface area contributed by atoms with Gasteiger partial charge in [0.2, 0.25) is 0 Å². The molecule has 3 N–H and O–H groups in total. The maximum Gasteiger partial charge on any atom is 0.126 e. The SMILES string of the molecule is COC(c1ccccc1)C(Cc1cc(F)cc(F)c1)NN. The molecule has 0 fully saturated rings. The summed E-state index contributed by atoms with van der Waals surface area (Å²) < 4.78 is 32.0. The summed E-state index contributed by atoms with van der Waals surface area (Å²) in [6.07, 6.45) is 0.0287. The minimum absolute atomic E-state index is 0.307. The molecule has 3 nitrogen and oxygen atoms in total. The van der Waals surface area contributed by atoms with Crippen LogP contribution in [-0.2, 0) is 11.2 Å². The van der Waals surface area contributed by atoms with E-state index in [0.717, 1.165) is 11.6 Å². The van der Waals surface area contributed by atoms with Gasteiger partial charge in [0, 0.05) is 13.2 Å². The lowest BCUT2D eigenvalue weighted by atomic mass is 9.96. The summed E-state index contributed by atoms with van der Waals surface area (Å²) in [6, 6.07) is 12.7. The molecule has 0 saturated heterocycles. The van der Waals surface area contributed by atoms with Crippen LogP contribution in [-0.4, -0.2) is 13.2 Å². The smallest absolute Gasteiger partial charge is 0.126 e. The molecular formula is C16H18F2N2O. The number of hydrogen-bond donors (Lipinski definition) is 2. The molecule has 0 bridgehead atoms. The van der Waals surface area contributed by atoms with E-state index in [1.165, 1.54) is 12.1 Å². The first-order valence-corrected chi connectivity index (χ1v) is 6.63. The van der Waals surface area contributed by atoms with E-state index in [2.05, 4.69) is 5.43 Å². The Bertz CT molecular complexity index is 557. The lowest BCUT2D eigenvalue weighted by molar-refractivity contribution is 0.0678. The molecule has 0 spiro atoms. The van der Waals surface area contributed by atoms with Crippen LogP contribution in [0.5, 0.6) is 0 Å². The van der Waals surface area contributed by atoms with Gasteiger partial charge in [0.15, 0.2) is 0 Å². The van der Waals surface area contributed by atoms with Gasteiger partial charge >= 0.3 is 0 Å². The summed E-state index contributed by atoms with van der Waals surface area (Å²) in [5, 5.41) is 0. The van der Waals surface area contributed by atoms with E-state index in [0.29, 0.717) is 12.0 Å². The van der Waals surface area contributed by atoms with Crippen LogP contribution in [0.3, 0.4) is 0 Å². The minimum Gasteiger partial charge on any atom is -0.375 e. The summed E-state index contributed by atoms with van der Waals surface area (Å²) in [5.74, 6) is 4.39. The highest BCUT2D eigenvalue weighted by molar-refractivity contribution is 5.23. The zero-order valence-electron chi connectivity index (χ0n) is 11.7. The van der Waals surface area contributed by atoms with Crippen molar-refractivity contribution in [2.24, 2.45) is 5.84 Å². The van der Waals surface area contributed by atoms with Crippen molar-refractivity contribution in [2.75, 3.05) is 7.11 Å². The Labute approximate surface area is 122 Å². The van der Waals surface area contributed by atoms with Crippen molar-refractivity contribution in [1.82, 2.24) is 5.43 Å². The predicted octanol–water partition coefficient (Wildman–Crippen LogP) is 2.73. The number of methoxy groups -OCH3 is 1. The average Bonchev–Trinajstić information content (AvgIpc) is 2.47. The first kappa shape index (κ1) is 15.6. The van der Waals surface area contributed by atoms with Crippen LogP contribution in [0.15, 0.2) is 48.5 Å². The highest BCUT2D eigenvalue weighted by atomic mass is 19.1. The van der Waals surface area contributed by atoms with Gasteiger partial charge in [-0.05, 0) is 29.7 Å². The van der Waals surface area contributed by atoms with Gasteiger partial charge in [0.1, 0.15) is 11.6 Å². The Morgan fingerprint density at radius 3 is 2.24 bits per heavy atom. The third-order valence-corrected chi connectivity index (χ3v) is 3.34. The van der Waals surface area contributed by atoms with Gasteiger partial charge < -0.3 is 4.74 Å². The van der Waals surface area contributed by atoms with Crippen molar-refractivity contribution in [3.8, 4) is 0 Å². The van der Waals surface area contributed by atoms with Gasteiger partial charge in [0.25, 0.3) is 0 Å². The molecule has 2 unspecified atom stereocenters. The van der Waals surface area contributed by atoms with Crippen molar-refractivity contribution < 1.29 is 13.5 Å². The first-order chi connectivity index (χ1) is 10.1. The molecular weight excluding hydrogens is 274 g/mol. The predicted molar refractivity (Wildman–Crippen MR) is 77.4 cm³/mol. The Morgan fingerprint density at radius 2 is 1.71 bits per heavy atom. The fourth-order valence-electron chi connectivity index (χ4n) is 2.41. The molecule has 0 radical (unpaired) electrons. The van der Waals surface area contributed by atoms with E-state index < -0.39 is 11.6 Å². The third-order valence-electron chi connectivity index (χ3n) is 3.34. The molecule has 0 heterocycles. The van der Waals surface area contributed by atoms with Gasteiger partial charge in [0.05, 0.1) is 12.1 Å². The van der Waals surface area contributed by atoms with E-state index in [-0.39, 0.29) is 12.1 Å². The Hall–Kier alpha value is -1.82. The Morgan fingerprint density at radius 1 is 1.10 bits per heavy atom. The molecule has 5 heteroatoms. The molecule has 0 aliphatic carbocycles. The summed E-state index contributed by atoms with van der Waals surface area (Å²) in [7, 11) is 1.58. The molecule has 21 heavy (non-hydrogen) atoms. The zero-order valence-corrected chi connectivity index (χ0v) is 11.7. The van der Waals surface area contributed by atoms with Gasteiger partial charge in [-0.15, -0.1) is 0 Å². The molecule has 2 aromatic carbocycles. The largest absolute Gasteiger partial charge is 0.375 e. The zero-order chi connectivity index (χ0) is 15.2. The van der Waals surface area contributed by atoms with Crippen LogP contribution in [0.4, 0.5) is 8.78 Å². The summed E-state index contributed by atoms with van der Waals surface area (Å²) >= 11 is 0. The second-order valence-electron chi connectivity index (χ2n) is 4.82. The van der Waals surface area contributed by atoms with Crippen LogP contribution in [0.25, 0.3) is 0 Å². The summed E-state index contributed by atoms with van der Waals surface area (Å²) in [5.41, 5.74) is 4.14. The van der Waals surface area contributed by atoms with Gasteiger partial charge in [-0.25, -0.2) is 8.78 Å². The van der Waals surface area contributed by atoms with Crippen molar-refractivity contribution in [1.29, 1.82) is 0 Å². The Kier molecular flexibility index (Phi) is 5.38. The number of hydrazine groups is 1. The molecule has 112 valence electrons. The van der Waals surface area contributed by atoms with Gasteiger partial charge in [-0.2, -0.15) is 0 Å². The molecule has 0 saturated carbocycles. The number of halogens is 2. The lowest BCUT2D eigenvalue weighted by Gasteiger charge is -2.26. The standard InChI is InChI=1S/C16H18F2N2O/c1-21-16(12-5-3-2-4-6-12)15(20-19)9-11-7-13(17)10-14(18)8-11/h2-8,10,15-16,20H,9,19H2,1H3. The van der Waals surface area contributed by atoms with Crippen molar-refractivity contribution in [3.63, 3.8) is 0 Å². The first-order valence-electron chi connectivity index (χ1n) is 6.63. The number of hydrogen-bond acceptors (Lipinski definition) is 3. The van der Waals surface area contributed by atoms with Gasteiger partial charge in [-0.3, -0.25) is 11.3 Å². The minimum atomic E-state index is -0.602. The van der Waals surface area contributed by atoms with E-state index in [1.807, 2.05) is 30.3 Å². The highest BCUT2D eigenvalue weighted by Crippen LogP contribution is 2.23. The lowest BCUT2D eigenvalue weighted by Crippen LogP contribution is -2.42. The number of nitrogens with two attached hydrogens (primary N) is 1. The molecule has 0 aliphatic rings. The maximum absolute atomic E-state index is 13.3. The summed E-state index contributed by atoms with van der Waals surface area (Å²) in [4.78, 5) is 0. The molecule has 0 amide bonds. The second-order valence-corrected chi connectivity index (χ2v) is 4.82. The second kappa shape index (κ2) is 7.26. The van der Waals surface area contributed by atoms with Crippen molar-refractivity contribution in [2.45, 2.75) is 18.6 Å². The van der Waals surface area contributed by atoms with Crippen LogP contribution < -0.4 is 11.3 Å². The van der Waals surface area contributed by atoms with E-state index in [1.54, 1.807) is 7.11 Å². The van der Waals surface area contributed by atoms with E-state index in [9.17, 15) is 8.78 Å². The average molecular weight is 292 g/mol. The van der Waals surface area contributed by atoms with Gasteiger partial charge in [-0.1, -0.05) is 30.3 Å². The van der Waals surface area contributed by atoms with Crippen LogP contribution in [0, 0.1) is 11.6 Å². The van der Waals surface area contributed by atoms with Crippen LogP contribution in [0.1, 0.15) is 17.2 Å². The molecule has 0 aliphatic heterocycles. The molecule has 0 aromatic heterocycles. The number of ether oxygens (including phenoxy) is 1. The van der Waals surface area contributed by atoms with Crippen LogP contribution in [0.2, 0.25) is 0 Å². The number of benzene rings is 2. The molecule has 2 aromatic rings. The molecule has 2 rings (SSSR count). The fourth-order valence-corrected chi connectivity index (χ4v) is 2.41. The summed E-state index contributed by atoms with van der Waals surface area (Å²) in [6.45, 7) is 0.